The normalized spacial score (nSPS) is 13.1. The Morgan fingerprint density at radius 1 is 1.19 bits per heavy atom. The lowest BCUT2D eigenvalue weighted by molar-refractivity contribution is -0.0168. The minimum absolute atomic E-state index is 0.226. The van der Waals surface area contributed by atoms with Crippen molar-refractivity contribution in [1.82, 2.24) is 10.2 Å². The van der Waals surface area contributed by atoms with Gasteiger partial charge in [-0.1, -0.05) is 41.1 Å². The molecular formula is C19H17ClN2O4S. The molecule has 1 aliphatic heterocycles. The van der Waals surface area contributed by atoms with E-state index in [1.54, 1.807) is 0 Å². The summed E-state index contributed by atoms with van der Waals surface area (Å²) in [5.41, 5.74) is 3.10. The molecule has 0 amide bonds. The van der Waals surface area contributed by atoms with Gasteiger partial charge in [0.15, 0.2) is 13.4 Å². The van der Waals surface area contributed by atoms with Crippen LogP contribution in [0.4, 0.5) is 0 Å². The van der Waals surface area contributed by atoms with E-state index in [2.05, 4.69) is 10.2 Å². The summed E-state index contributed by atoms with van der Waals surface area (Å²) in [4.78, 5) is 0. The van der Waals surface area contributed by atoms with E-state index >= 15 is 0 Å². The molecule has 6 nitrogen and oxygen atoms in total. The first kappa shape index (κ1) is 18.2. The van der Waals surface area contributed by atoms with Crippen molar-refractivity contribution in [3.05, 3.63) is 64.0 Å². The van der Waals surface area contributed by atoms with E-state index in [4.69, 9.17) is 30.2 Å². The highest BCUT2D eigenvalue weighted by Gasteiger charge is 2.17. The molecule has 8 heteroatoms. The molecule has 0 saturated carbocycles. The Hall–Kier alpha value is -2.22. The number of benzene rings is 2. The maximum Gasteiger partial charge on any atom is 0.277 e. The number of halogens is 1. The van der Waals surface area contributed by atoms with E-state index in [9.17, 15) is 0 Å². The molecule has 0 fully saturated rings. The van der Waals surface area contributed by atoms with E-state index in [-0.39, 0.29) is 13.4 Å². The van der Waals surface area contributed by atoms with E-state index in [0.717, 1.165) is 22.6 Å². The van der Waals surface area contributed by atoms with Crippen LogP contribution < -0.4 is 9.47 Å². The first-order chi connectivity index (χ1) is 13.2. The second kappa shape index (κ2) is 8.21. The Morgan fingerprint density at radius 3 is 2.89 bits per heavy atom. The van der Waals surface area contributed by atoms with Crippen molar-refractivity contribution in [2.45, 2.75) is 31.1 Å². The van der Waals surface area contributed by atoms with E-state index in [0.29, 0.717) is 28.5 Å². The zero-order chi connectivity index (χ0) is 18.6. The molecule has 0 bridgehead atoms. The van der Waals surface area contributed by atoms with E-state index in [1.807, 2.05) is 43.3 Å². The summed E-state index contributed by atoms with van der Waals surface area (Å²) in [5.74, 6) is 2.61. The smallest absolute Gasteiger partial charge is 0.277 e. The van der Waals surface area contributed by atoms with Crippen molar-refractivity contribution >= 4 is 23.4 Å². The summed E-state index contributed by atoms with van der Waals surface area (Å²) in [6.45, 7) is 2.99. The predicted octanol–water partition coefficient (Wildman–Crippen LogP) is 4.77. The van der Waals surface area contributed by atoms with Gasteiger partial charge in [-0.05, 0) is 31.2 Å². The molecule has 1 aromatic heterocycles. The highest BCUT2D eigenvalue weighted by atomic mass is 35.5. The number of thioether (sulfide) groups is 1. The fraction of sp³-hybridized carbons (Fsp3) is 0.263. The number of fused-ring (bicyclic) bond motifs is 1. The molecule has 2 aromatic carbocycles. The zero-order valence-electron chi connectivity index (χ0n) is 14.6. The van der Waals surface area contributed by atoms with Crippen molar-refractivity contribution in [2.75, 3.05) is 6.79 Å². The van der Waals surface area contributed by atoms with Gasteiger partial charge < -0.3 is 18.6 Å². The standard InChI is InChI=1S/C19H17ClN2O4S/c1-12-2-4-16(5-3-12)24-9-17-21-22-19(26-17)27-10-14-7-15(20)6-13-8-23-11-25-18(13)14/h2-7H,8-11H2,1H3. The summed E-state index contributed by atoms with van der Waals surface area (Å²) in [6.07, 6.45) is 0. The lowest BCUT2D eigenvalue weighted by atomic mass is 10.1. The van der Waals surface area contributed by atoms with Crippen molar-refractivity contribution < 1.29 is 18.6 Å². The molecule has 1 aliphatic rings. The highest BCUT2D eigenvalue weighted by Crippen LogP contribution is 2.35. The minimum atomic E-state index is 0.226. The molecule has 0 spiro atoms. The lowest BCUT2D eigenvalue weighted by Gasteiger charge is -2.20. The van der Waals surface area contributed by atoms with Crippen LogP contribution in [-0.2, 0) is 23.7 Å². The number of aryl methyl sites for hydroxylation is 1. The summed E-state index contributed by atoms with van der Waals surface area (Å²) in [5, 5.41) is 9.21. The zero-order valence-corrected chi connectivity index (χ0v) is 16.2. The summed E-state index contributed by atoms with van der Waals surface area (Å²) in [6, 6.07) is 11.5. The van der Waals surface area contributed by atoms with Gasteiger partial charge in [-0.25, -0.2) is 0 Å². The Bertz CT molecular complexity index is 930. The van der Waals surface area contributed by atoms with E-state index < -0.39 is 0 Å². The average molecular weight is 405 g/mol. The molecule has 0 radical (unpaired) electrons. The molecule has 3 aromatic rings. The third-order valence-corrected chi connectivity index (χ3v) is 5.02. The first-order valence-electron chi connectivity index (χ1n) is 8.34. The number of aromatic nitrogens is 2. The number of hydrogen-bond acceptors (Lipinski definition) is 7. The maximum atomic E-state index is 6.19. The van der Waals surface area contributed by atoms with Crippen molar-refractivity contribution in [2.24, 2.45) is 0 Å². The first-order valence-corrected chi connectivity index (χ1v) is 9.70. The monoisotopic (exact) mass is 404 g/mol. The summed E-state index contributed by atoms with van der Waals surface area (Å²) in [7, 11) is 0. The molecule has 0 aliphatic carbocycles. The van der Waals surface area contributed by atoms with Crippen molar-refractivity contribution in [1.29, 1.82) is 0 Å². The fourth-order valence-electron chi connectivity index (χ4n) is 2.64. The molecule has 0 N–H and O–H groups in total. The number of nitrogens with zero attached hydrogens (tertiary/aromatic N) is 2. The van der Waals surface area contributed by atoms with Crippen molar-refractivity contribution in [3.8, 4) is 11.5 Å². The van der Waals surface area contributed by atoms with Crippen LogP contribution in [0.2, 0.25) is 5.02 Å². The molecule has 0 unspecified atom stereocenters. The van der Waals surface area contributed by atoms with Crippen LogP contribution in [0.25, 0.3) is 0 Å². The van der Waals surface area contributed by atoms with Crippen LogP contribution >= 0.6 is 23.4 Å². The van der Waals surface area contributed by atoms with Gasteiger partial charge in [-0.2, -0.15) is 0 Å². The van der Waals surface area contributed by atoms with Gasteiger partial charge in [0.1, 0.15) is 11.5 Å². The third-order valence-electron chi connectivity index (χ3n) is 3.93. The molecule has 4 rings (SSSR count). The van der Waals surface area contributed by atoms with Gasteiger partial charge in [-0.15, -0.1) is 10.2 Å². The van der Waals surface area contributed by atoms with Crippen LogP contribution in [0.3, 0.4) is 0 Å². The van der Waals surface area contributed by atoms with Crippen LogP contribution in [0, 0.1) is 6.92 Å². The topological polar surface area (TPSA) is 66.6 Å². The molecule has 0 saturated heterocycles. The minimum Gasteiger partial charge on any atom is -0.484 e. The Balaban J connectivity index is 1.37. The second-order valence-corrected chi connectivity index (χ2v) is 7.38. The van der Waals surface area contributed by atoms with Gasteiger partial charge in [-0.3, -0.25) is 0 Å². The largest absolute Gasteiger partial charge is 0.484 e. The number of hydrogen-bond donors (Lipinski definition) is 0. The lowest BCUT2D eigenvalue weighted by Crippen LogP contribution is -2.12. The Kier molecular flexibility index (Phi) is 5.52. The van der Waals surface area contributed by atoms with Crippen LogP contribution in [0.15, 0.2) is 46.0 Å². The number of ether oxygens (including phenoxy) is 3. The predicted molar refractivity (Wildman–Crippen MR) is 101 cm³/mol. The second-order valence-electron chi connectivity index (χ2n) is 6.02. The van der Waals surface area contributed by atoms with Gasteiger partial charge in [0, 0.05) is 21.9 Å². The van der Waals surface area contributed by atoms with E-state index in [1.165, 1.54) is 17.3 Å². The highest BCUT2D eigenvalue weighted by molar-refractivity contribution is 7.98. The van der Waals surface area contributed by atoms with Crippen LogP contribution in [0.5, 0.6) is 11.5 Å². The molecule has 140 valence electrons. The molecular weight excluding hydrogens is 388 g/mol. The summed E-state index contributed by atoms with van der Waals surface area (Å²) < 4.78 is 22.2. The molecule has 0 atom stereocenters. The summed E-state index contributed by atoms with van der Waals surface area (Å²) >= 11 is 7.61. The SMILES string of the molecule is Cc1ccc(OCc2nnc(SCc3cc(Cl)cc4c3OCOC4)o2)cc1. The molecule has 2 heterocycles. The maximum absolute atomic E-state index is 6.19. The Labute approximate surface area is 165 Å². The quantitative estimate of drug-likeness (QED) is 0.548. The van der Waals surface area contributed by atoms with Gasteiger partial charge >= 0.3 is 0 Å². The number of rotatable bonds is 6. The Morgan fingerprint density at radius 2 is 2.04 bits per heavy atom. The van der Waals surface area contributed by atoms with Gasteiger partial charge in [0.2, 0.25) is 0 Å². The van der Waals surface area contributed by atoms with Crippen LogP contribution in [0.1, 0.15) is 22.6 Å². The van der Waals surface area contributed by atoms with Gasteiger partial charge in [0.05, 0.1) is 6.61 Å². The average Bonchev–Trinajstić information content (AvgIpc) is 3.13. The van der Waals surface area contributed by atoms with Crippen LogP contribution in [-0.4, -0.2) is 17.0 Å². The molecule has 27 heavy (non-hydrogen) atoms. The van der Waals surface area contributed by atoms with Gasteiger partial charge in [0.25, 0.3) is 11.1 Å². The third kappa shape index (κ3) is 4.55. The van der Waals surface area contributed by atoms with Crippen molar-refractivity contribution in [3.63, 3.8) is 0 Å². The fourth-order valence-corrected chi connectivity index (χ4v) is 3.65.